The zero-order chi connectivity index (χ0) is 17.6. The molecule has 2 aromatic carbocycles. The lowest BCUT2D eigenvalue weighted by Gasteiger charge is -2.24. The fourth-order valence-electron chi connectivity index (χ4n) is 2.24. The van der Waals surface area contributed by atoms with Crippen LogP contribution in [0.25, 0.3) is 0 Å². The fraction of sp³-hybridized carbons (Fsp3) is 0.222. The normalized spacial score (nSPS) is 12.9. The lowest BCUT2D eigenvalue weighted by Crippen LogP contribution is -2.32. The van der Waals surface area contributed by atoms with Crippen LogP contribution >= 0.6 is 12.6 Å². The highest BCUT2D eigenvalue weighted by Crippen LogP contribution is 2.32. The maximum absolute atomic E-state index is 11.9. The van der Waals surface area contributed by atoms with Gasteiger partial charge in [0.2, 0.25) is 0 Å². The van der Waals surface area contributed by atoms with Gasteiger partial charge in [0.15, 0.2) is 0 Å². The van der Waals surface area contributed by atoms with Crippen LogP contribution < -0.4 is 5.32 Å². The monoisotopic (exact) mass is 345 g/mol. The van der Waals surface area contributed by atoms with Crippen LogP contribution in [-0.4, -0.2) is 23.8 Å². The molecule has 1 unspecified atom stereocenters. The van der Waals surface area contributed by atoms with Crippen LogP contribution in [0.15, 0.2) is 54.6 Å². The average Bonchev–Trinajstić information content (AvgIpc) is 2.57. The van der Waals surface area contributed by atoms with E-state index >= 15 is 0 Å². The van der Waals surface area contributed by atoms with Crippen LogP contribution in [0.3, 0.4) is 0 Å². The summed E-state index contributed by atoms with van der Waals surface area (Å²) in [7, 11) is 0. The molecule has 0 fully saturated rings. The number of ether oxygens (including phenoxy) is 1. The van der Waals surface area contributed by atoms with E-state index in [1.807, 2.05) is 19.1 Å². The van der Waals surface area contributed by atoms with E-state index in [1.54, 1.807) is 42.5 Å². The molecule has 0 aliphatic carbocycles. The number of hydrogen-bond donors (Lipinski definition) is 3. The lowest BCUT2D eigenvalue weighted by atomic mass is 9.95. The van der Waals surface area contributed by atoms with Crippen molar-refractivity contribution >= 4 is 30.4 Å². The number of hydrogen-bond acceptors (Lipinski definition) is 4. The molecule has 0 saturated carbocycles. The second kappa shape index (κ2) is 7.88. The van der Waals surface area contributed by atoms with Gasteiger partial charge in [-0.3, -0.25) is 10.1 Å². The third-order valence-electron chi connectivity index (χ3n) is 3.68. The Bertz CT molecular complexity index is 720. The predicted octanol–water partition coefficient (Wildman–Crippen LogP) is 3.84. The van der Waals surface area contributed by atoms with Crippen molar-refractivity contribution in [2.45, 2.75) is 18.1 Å². The number of para-hydroxylation sites is 1. The van der Waals surface area contributed by atoms with E-state index in [4.69, 9.17) is 4.74 Å². The summed E-state index contributed by atoms with van der Waals surface area (Å²) < 4.78 is 3.69. The first-order valence-electron chi connectivity index (χ1n) is 7.44. The Morgan fingerprint density at radius 2 is 1.75 bits per heavy atom. The Balaban J connectivity index is 1.95. The average molecular weight is 345 g/mol. The van der Waals surface area contributed by atoms with Crippen molar-refractivity contribution < 1.29 is 19.4 Å². The number of thiol groups is 1. The Labute approximate surface area is 146 Å². The molecule has 126 valence electrons. The molecule has 0 spiro atoms. The molecule has 24 heavy (non-hydrogen) atoms. The highest BCUT2D eigenvalue weighted by molar-refractivity contribution is 7.82. The summed E-state index contributed by atoms with van der Waals surface area (Å²) in [5, 5.41) is 12.1. The molecule has 0 bridgehead atoms. The van der Waals surface area contributed by atoms with Gasteiger partial charge in [-0.1, -0.05) is 48.5 Å². The van der Waals surface area contributed by atoms with E-state index < -0.39 is 16.8 Å². The number of anilines is 1. The van der Waals surface area contributed by atoms with E-state index in [1.165, 1.54) is 0 Å². The minimum Gasteiger partial charge on any atom is -0.480 e. The Hall–Kier alpha value is -2.47. The third-order valence-corrected chi connectivity index (χ3v) is 4.36. The molecule has 0 saturated heterocycles. The number of carbonyl (C=O) groups excluding carboxylic acids is 1. The number of carboxylic acids is 1. The number of benzene rings is 2. The van der Waals surface area contributed by atoms with Crippen molar-refractivity contribution in [3.63, 3.8) is 0 Å². The van der Waals surface area contributed by atoms with Gasteiger partial charge in [-0.15, -0.1) is 0 Å². The summed E-state index contributed by atoms with van der Waals surface area (Å²) in [5.74, 6) is -1.08. The summed E-state index contributed by atoms with van der Waals surface area (Å²) in [6.07, 6.45) is -0.574. The Morgan fingerprint density at radius 3 is 2.38 bits per heavy atom. The second-order valence-corrected chi connectivity index (χ2v) is 6.12. The van der Waals surface area contributed by atoms with Crippen LogP contribution in [0.2, 0.25) is 0 Å². The third kappa shape index (κ3) is 4.29. The van der Waals surface area contributed by atoms with Crippen molar-refractivity contribution in [2.75, 3.05) is 11.9 Å². The van der Waals surface area contributed by atoms with Gasteiger partial charge in [-0.25, -0.2) is 4.79 Å². The van der Waals surface area contributed by atoms with E-state index in [-0.39, 0.29) is 13.0 Å². The van der Waals surface area contributed by atoms with Crippen molar-refractivity contribution in [1.29, 1.82) is 0 Å². The van der Waals surface area contributed by atoms with Gasteiger partial charge in [0.1, 0.15) is 4.75 Å². The van der Waals surface area contributed by atoms with Crippen LogP contribution in [0.4, 0.5) is 10.5 Å². The SMILES string of the molecule is Cc1ccccc1NC(=O)OCCC(S)(C(=O)O)c1ccccc1. The van der Waals surface area contributed by atoms with Crippen LogP contribution in [0, 0.1) is 6.92 Å². The Kier molecular flexibility index (Phi) is 5.87. The molecule has 5 nitrogen and oxygen atoms in total. The molecule has 2 aromatic rings. The molecule has 0 radical (unpaired) electrons. The minimum atomic E-state index is -1.41. The number of rotatable bonds is 6. The molecule has 1 amide bonds. The molecular weight excluding hydrogens is 326 g/mol. The number of nitrogens with one attached hydrogen (secondary N) is 1. The molecule has 0 heterocycles. The van der Waals surface area contributed by atoms with Gasteiger partial charge in [0, 0.05) is 12.1 Å². The molecule has 2 N–H and O–H groups in total. The number of aliphatic carboxylic acids is 1. The summed E-state index contributed by atoms with van der Waals surface area (Å²) >= 11 is 4.31. The van der Waals surface area contributed by atoms with E-state index in [2.05, 4.69) is 17.9 Å². The van der Waals surface area contributed by atoms with E-state index in [0.29, 0.717) is 11.3 Å². The summed E-state index contributed by atoms with van der Waals surface area (Å²) in [5.41, 5.74) is 2.11. The van der Waals surface area contributed by atoms with Crippen LogP contribution in [0.1, 0.15) is 17.5 Å². The van der Waals surface area contributed by atoms with Crippen molar-refractivity contribution in [2.24, 2.45) is 0 Å². The highest BCUT2D eigenvalue weighted by Gasteiger charge is 2.36. The number of carboxylic acid groups (broad SMARTS) is 1. The molecular formula is C18H19NO4S. The number of amides is 1. The summed E-state index contributed by atoms with van der Waals surface area (Å²) in [4.78, 5) is 23.5. The van der Waals surface area contributed by atoms with Gasteiger partial charge in [-0.2, -0.15) is 12.6 Å². The Morgan fingerprint density at radius 1 is 1.12 bits per heavy atom. The largest absolute Gasteiger partial charge is 0.480 e. The molecule has 0 aliphatic heterocycles. The fourth-order valence-corrected chi connectivity index (χ4v) is 2.48. The van der Waals surface area contributed by atoms with E-state index in [9.17, 15) is 14.7 Å². The standard InChI is InChI=1S/C18H19NO4S/c1-13-7-5-6-10-15(13)19-17(22)23-12-11-18(24,16(20)21)14-8-3-2-4-9-14/h2-10,24H,11-12H2,1H3,(H,19,22)(H,20,21). The quantitative estimate of drug-likeness (QED) is 0.695. The number of aryl methyl sites for hydroxylation is 1. The molecule has 2 rings (SSSR count). The second-order valence-electron chi connectivity index (χ2n) is 5.36. The molecule has 1 atom stereocenters. The van der Waals surface area contributed by atoms with Gasteiger partial charge in [0.05, 0.1) is 6.61 Å². The maximum atomic E-state index is 11.9. The zero-order valence-electron chi connectivity index (χ0n) is 13.2. The van der Waals surface area contributed by atoms with Crippen LogP contribution in [0.5, 0.6) is 0 Å². The molecule has 6 heteroatoms. The van der Waals surface area contributed by atoms with Crippen molar-refractivity contribution in [1.82, 2.24) is 0 Å². The summed E-state index contributed by atoms with van der Waals surface area (Å²) in [6.45, 7) is 1.80. The van der Waals surface area contributed by atoms with Crippen LogP contribution in [-0.2, 0) is 14.3 Å². The molecule has 0 aromatic heterocycles. The first-order valence-corrected chi connectivity index (χ1v) is 7.89. The van der Waals surface area contributed by atoms with Crippen molar-refractivity contribution in [3.8, 4) is 0 Å². The lowest BCUT2D eigenvalue weighted by molar-refractivity contribution is -0.140. The molecule has 0 aliphatic rings. The van der Waals surface area contributed by atoms with Crippen molar-refractivity contribution in [3.05, 3.63) is 65.7 Å². The maximum Gasteiger partial charge on any atom is 0.411 e. The first-order chi connectivity index (χ1) is 11.4. The minimum absolute atomic E-state index is 0.0522. The smallest absolute Gasteiger partial charge is 0.411 e. The van der Waals surface area contributed by atoms with Gasteiger partial charge in [0.25, 0.3) is 0 Å². The number of carbonyl (C=O) groups is 2. The van der Waals surface area contributed by atoms with Gasteiger partial charge in [-0.05, 0) is 24.1 Å². The zero-order valence-corrected chi connectivity index (χ0v) is 14.1. The van der Waals surface area contributed by atoms with Gasteiger partial charge >= 0.3 is 12.1 Å². The summed E-state index contributed by atoms with van der Waals surface area (Å²) in [6, 6.07) is 16.0. The topological polar surface area (TPSA) is 75.6 Å². The predicted molar refractivity (Wildman–Crippen MR) is 95.5 cm³/mol. The first kappa shape index (κ1) is 17.9. The van der Waals surface area contributed by atoms with Gasteiger partial charge < -0.3 is 9.84 Å². The van der Waals surface area contributed by atoms with E-state index in [0.717, 1.165) is 5.56 Å². The highest BCUT2D eigenvalue weighted by atomic mass is 32.1.